The molecule has 0 amide bonds. The van der Waals surface area contributed by atoms with E-state index in [2.05, 4.69) is 157 Å². The van der Waals surface area contributed by atoms with E-state index in [-0.39, 0.29) is 46.1 Å². The Kier molecular flexibility index (Phi) is 14.3. The number of allylic oxidation sites excluding steroid dienone is 10. The van der Waals surface area contributed by atoms with Gasteiger partial charge in [0.15, 0.2) is 0 Å². The molecule has 0 aromatic heterocycles. The van der Waals surface area contributed by atoms with Crippen LogP contribution in [0.3, 0.4) is 0 Å². The zero-order valence-corrected chi connectivity index (χ0v) is 35.5. The summed E-state index contributed by atoms with van der Waals surface area (Å²) in [6.07, 6.45) is 18.4. The van der Waals surface area contributed by atoms with Crippen molar-refractivity contribution in [2.45, 2.75) is 70.6 Å². The molecule has 4 aromatic carbocycles. The summed E-state index contributed by atoms with van der Waals surface area (Å²) < 4.78 is 36.5. The summed E-state index contributed by atoms with van der Waals surface area (Å²) in [5.41, 5.74) is 8.32. The van der Waals surface area contributed by atoms with Crippen molar-refractivity contribution < 1.29 is 57.2 Å². The number of benzene rings is 4. The van der Waals surface area contributed by atoms with Gasteiger partial charge in [0.05, 0.1) is 5.75 Å². The molecular weight excluding hydrogens is 726 g/mol. The zero-order valence-electron chi connectivity index (χ0n) is 31.9. The van der Waals surface area contributed by atoms with Crippen LogP contribution in [-0.4, -0.2) is 31.0 Å². The first-order valence-electron chi connectivity index (χ1n) is 18.3. The van der Waals surface area contributed by atoms with E-state index in [1.807, 2.05) is 0 Å². The molecule has 278 valence electrons. The summed E-state index contributed by atoms with van der Waals surface area (Å²) >= 11 is 1.03. The van der Waals surface area contributed by atoms with Crippen molar-refractivity contribution in [1.82, 2.24) is 0 Å². The second kappa shape index (κ2) is 18.3. The van der Waals surface area contributed by atoms with Crippen LogP contribution in [0.2, 0.25) is 0 Å². The molecule has 0 unspecified atom stereocenters. The van der Waals surface area contributed by atoms with Gasteiger partial charge in [0, 0.05) is 46.6 Å². The monoisotopic (exact) mass is 773 g/mol. The fraction of sp³-hybridized carbons (Fsp3) is 0.318. The molecule has 4 aromatic rings. The van der Waals surface area contributed by atoms with Gasteiger partial charge in [-0.1, -0.05) is 131 Å². The maximum absolute atomic E-state index is 11.4. The molecule has 0 fully saturated rings. The minimum Gasteiger partial charge on any atom is -0.691 e. The SMILES string of the molecule is CC1(C)C(/C=C/C=C/C=C/C=C2/N(CCCCSOO[O-])c3ccc4ccccc4c3C2(C)C)=C(CCCCS(=O)(=O)O)c2ccc3ccccc3c21.[Na+]. The number of hydrogen-bond donors (Lipinski definition) is 1. The third-order valence-electron chi connectivity index (χ3n) is 10.6. The van der Waals surface area contributed by atoms with Crippen LogP contribution >= 0.6 is 12.0 Å². The second-order valence-corrected chi connectivity index (χ2v) is 17.1. The minimum atomic E-state index is -3.99. The molecule has 1 aliphatic heterocycles. The Morgan fingerprint density at radius 1 is 0.778 bits per heavy atom. The van der Waals surface area contributed by atoms with Gasteiger partial charge in [-0.25, -0.2) is 0 Å². The molecule has 0 spiro atoms. The molecular formula is C44H48NNaO6S2. The van der Waals surface area contributed by atoms with E-state index < -0.39 is 10.1 Å². The van der Waals surface area contributed by atoms with Gasteiger partial charge in [0.2, 0.25) is 0 Å². The van der Waals surface area contributed by atoms with Crippen molar-refractivity contribution in [2.24, 2.45) is 0 Å². The van der Waals surface area contributed by atoms with E-state index in [4.69, 9.17) is 0 Å². The standard InChI is InChI=1S/C44H49NO6S2.Na/c1-43(2)38(36(22-14-17-31-53(47,48)49)37-27-25-32-18-10-12-20-34(32)41(37)43)23-8-6-5-7-9-24-40-44(3,4)42-35-21-13-11-19-33(35)26-28-39(42)45(40)29-15-16-30-52-51-50-46;/h5-13,18-21,23-28,46H,14-17,22,29-31H2,1-4H3,(H,47,48,49);/q;+1/p-1/b6-5+,9-7+,23-8+,40-24+;. The van der Waals surface area contributed by atoms with E-state index in [0.717, 1.165) is 37.8 Å². The van der Waals surface area contributed by atoms with E-state index >= 15 is 0 Å². The van der Waals surface area contributed by atoms with Gasteiger partial charge >= 0.3 is 29.6 Å². The fourth-order valence-electron chi connectivity index (χ4n) is 8.27. The van der Waals surface area contributed by atoms with Crippen LogP contribution in [0.4, 0.5) is 5.69 Å². The number of unbranched alkanes of at least 4 members (excludes halogenated alkanes) is 2. The molecule has 1 aliphatic carbocycles. The third-order valence-corrected chi connectivity index (χ3v) is 12.0. The zero-order chi connectivity index (χ0) is 37.6. The summed E-state index contributed by atoms with van der Waals surface area (Å²) in [5, 5.41) is 18.6. The van der Waals surface area contributed by atoms with Gasteiger partial charge in [-0.3, -0.25) is 9.59 Å². The van der Waals surface area contributed by atoms with Gasteiger partial charge in [-0.15, -0.1) is 0 Å². The van der Waals surface area contributed by atoms with Crippen LogP contribution in [0, 0.1) is 0 Å². The predicted molar refractivity (Wildman–Crippen MR) is 218 cm³/mol. The maximum Gasteiger partial charge on any atom is 1.00 e. The summed E-state index contributed by atoms with van der Waals surface area (Å²) in [7, 11) is -3.99. The van der Waals surface area contributed by atoms with Crippen molar-refractivity contribution in [1.29, 1.82) is 0 Å². The van der Waals surface area contributed by atoms with Gasteiger partial charge in [0.1, 0.15) is 0 Å². The summed E-state index contributed by atoms with van der Waals surface area (Å²) in [6, 6.07) is 25.9. The van der Waals surface area contributed by atoms with Crippen LogP contribution < -0.4 is 39.7 Å². The molecule has 6 rings (SSSR count). The number of nitrogens with zero attached hydrogens (tertiary/aromatic N) is 1. The van der Waals surface area contributed by atoms with Crippen molar-refractivity contribution in [3.8, 4) is 0 Å². The van der Waals surface area contributed by atoms with Crippen molar-refractivity contribution in [2.75, 3.05) is 23.0 Å². The van der Waals surface area contributed by atoms with E-state index in [1.165, 1.54) is 60.8 Å². The number of rotatable bonds is 16. The van der Waals surface area contributed by atoms with Crippen LogP contribution in [0.5, 0.6) is 0 Å². The van der Waals surface area contributed by atoms with Crippen LogP contribution in [0.1, 0.15) is 76.5 Å². The van der Waals surface area contributed by atoms with Crippen molar-refractivity contribution in [3.05, 3.63) is 143 Å². The Hall–Kier alpha value is -2.96. The quantitative estimate of drug-likeness (QED) is 0.0245. The van der Waals surface area contributed by atoms with Gasteiger partial charge < -0.3 is 10.2 Å². The molecule has 0 radical (unpaired) electrons. The molecule has 1 N–H and O–H groups in total. The third kappa shape index (κ3) is 9.18. The van der Waals surface area contributed by atoms with E-state index in [1.54, 1.807) is 0 Å². The predicted octanol–water partition coefficient (Wildman–Crippen LogP) is 7.10. The Labute approximate surface area is 346 Å². The summed E-state index contributed by atoms with van der Waals surface area (Å²) in [6.45, 7) is 9.97. The van der Waals surface area contributed by atoms with Crippen LogP contribution in [0.25, 0.3) is 27.1 Å². The second-order valence-electron chi connectivity index (χ2n) is 14.8. The fourth-order valence-corrected chi connectivity index (χ4v) is 9.27. The molecule has 0 saturated heterocycles. The molecule has 0 atom stereocenters. The van der Waals surface area contributed by atoms with Crippen molar-refractivity contribution in [3.63, 3.8) is 0 Å². The molecule has 1 heterocycles. The number of anilines is 1. The van der Waals surface area contributed by atoms with Crippen LogP contribution in [-0.2, 0) is 30.3 Å². The first-order chi connectivity index (χ1) is 25.4. The normalized spacial score (nSPS) is 17.1. The number of fused-ring (bicyclic) bond motifs is 6. The molecule has 54 heavy (non-hydrogen) atoms. The smallest absolute Gasteiger partial charge is 0.691 e. The Morgan fingerprint density at radius 3 is 2.13 bits per heavy atom. The Bertz CT molecular complexity index is 2240. The summed E-state index contributed by atoms with van der Waals surface area (Å²) in [4.78, 5) is 2.43. The van der Waals surface area contributed by atoms with Crippen molar-refractivity contribution >= 4 is 55.0 Å². The Balaban J connectivity index is 0.00000561. The number of hydrogen-bond acceptors (Lipinski definition) is 7. The Morgan fingerprint density at radius 2 is 1.43 bits per heavy atom. The first kappa shape index (κ1) is 42.2. The van der Waals surface area contributed by atoms with Crippen LogP contribution in [0.15, 0.2) is 127 Å². The largest absolute Gasteiger partial charge is 1.00 e. The van der Waals surface area contributed by atoms with E-state index in [9.17, 15) is 18.2 Å². The average molecular weight is 774 g/mol. The maximum atomic E-state index is 11.4. The topological polar surface area (TPSA) is 99.1 Å². The molecule has 2 aliphatic rings. The summed E-state index contributed by atoms with van der Waals surface area (Å²) in [5.74, 6) is 0.448. The molecule has 10 heteroatoms. The molecule has 7 nitrogen and oxygen atoms in total. The molecule has 0 saturated carbocycles. The minimum absolute atomic E-state index is 0. The first-order valence-corrected chi connectivity index (χ1v) is 20.8. The van der Waals surface area contributed by atoms with Gasteiger partial charge in [-0.05, 0) is 93.6 Å². The van der Waals surface area contributed by atoms with Gasteiger partial charge in [-0.2, -0.15) is 12.8 Å². The average Bonchev–Trinajstić information content (AvgIpc) is 3.49. The van der Waals surface area contributed by atoms with Gasteiger partial charge in [0.25, 0.3) is 10.1 Å². The van der Waals surface area contributed by atoms with E-state index in [0.29, 0.717) is 18.6 Å². The molecule has 0 bridgehead atoms.